The van der Waals surface area contributed by atoms with Gasteiger partial charge in [-0.15, -0.1) is 0 Å². The Morgan fingerprint density at radius 3 is 2.71 bits per heavy atom. The van der Waals surface area contributed by atoms with Gasteiger partial charge in [0.15, 0.2) is 5.82 Å². The highest BCUT2D eigenvalue weighted by molar-refractivity contribution is 6.03. The number of amides is 1. The van der Waals surface area contributed by atoms with Gasteiger partial charge in [0.1, 0.15) is 5.75 Å². The van der Waals surface area contributed by atoms with Gasteiger partial charge in [0.05, 0.1) is 34.5 Å². The fraction of sp³-hybridized carbons (Fsp3) is 0.160. The number of aryl methyl sites for hydroxylation is 1. The van der Waals surface area contributed by atoms with E-state index in [1.807, 2.05) is 42.1 Å². The molecular weight excluding hydrogens is 440 g/mol. The number of ether oxygens (including phenoxy) is 1. The number of fused-ring (bicyclic) bond motifs is 8. The highest BCUT2D eigenvalue weighted by Crippen LogP contribution is 2.46. The van der Waals surface area contributed by atoms with E-state index in [4.69, 9.17) is 9.72 Å². The first-order chi connectivity index (χ1) is 16.4. The van der Waals surface area contributed by atoms with Crippen LogP contribution in [0.5, 0.6) is 5.75 Å². The summed E-state index contributed by atoms with van der Waals surface area (Å²) in [6, 6.07) is 9.76. The molecule has 0 saturated heterocycles. The zero-order chi connectivity index (χ0) is 23.6. The van der Waals surface area contributed by atoms with Crippen LogP contribution in [0.2, 0.25) is 0 Å². The van der Waals surface area contributed by atoms with Gasteiger partial charge in [-0.3, -0.25) is 9.48 Å². The van der Waals surface area contributed by atoms with Crippen LogP contribution in [-0.2, 0) is 7.05 Å². The average molecular weight is 457 g/mol. The van der Waals surface area contributed by atoms with E-state index in [1.165, 1.54) is 11.0 Å². The zero-order valence-corrected chi connectivity index (χ0v) is 18.2. The molecule has 7 nitrogen and oxygen atoms in total. The molecule has 2 aliphatic heterocycles. The van der Waals surface area contributed by atoms with Gasteiger partial charge in [0.2, 0.25) is 0 Å². The summed E-state index contributed by atoms with van der Waals surface area (Å²) >= 11 is 0. The Hall–Kier alpha value is -4.45. The minimum Gasteiger partial charge on any atom is -0.434 e. The van der Waals surface area contributed by atoms with Crippen molar-refractivity contribution < 1.29 is 18.3 Å². The standard InChI is InChI=1S/C25H17F2N5O2/c1-30-13-15(12-28-30)7-6-14-8-9-17-18(10-14)32-19-11-20(23(32)29-17)31(2)24(33)16-4-3-5-21(22(16)19)34-25(26)27/h3-5,8-13,19,25H,1-2H3/t19-/m1/s1. The van der Waals surface area contributed by atoms with E-state index in [-0.39, 0.29) is 11.7 Å². The molecule has 9 heteroatoms. The molecule has 0 fully saturated rings. The van der Waals surface area contributed by atoms with Gasteiger partial charge >= 0.3 is 6.61 Å². The van der Waals surface area contributed by atoms with Crippen LogP contribution in [0.4, 0.5) is 8.78 Å². The summed E-state index contributed by atoms with van der Waals surface area (Å²) in [7, 11) is 3.48. The maximum absolute atomic E-state index is 13.2. The van der Waals surface area contributed by atoms with Crippen LogP contribution in [0, 0.1) is 11.8 Å². The largest absolute Gasteiger partial charge is 0.434 e. The number of allylic oxidation sites excluding steroid dienone is 1. The van der Waals surface area contributed by atoms with Crippen LogP contribution in [0.25, 0.3) is 16.7 Å². The smallest absolute Gasteiger partial charge is 0.387 e. The number of carbonyl (C=O) groups is 1. The van der Waals surface area contributed by atoms with Crippen molar-refractivity contribution >= 4 is 22.6 Å². The van der Waals surface area contributed by atoms with Crippen LogP contribution in [0.1, 0.15) is 38.9 Å². The van der Waals surface area contributed by atoms with Gasteiger partial charge in [0, 0.05) is 37.0 Å². The molecule has 2 bridgehead atoms. The lowest BCUT2D eigenvalue weighted by Crippen LogP contribution is -2.27. The number of nitrogens with zero attached hydrogens (tertiary/aromatic N) is 5. The SMILES string of the molecule is CN1C(=O)c2cccc(OC(F)F)c2[C@H]2C=C1c1nc3ccc(C#Cc4cnn(C)c4)cc3n12. The van der Waals surface area contributed by atoms with Crippen LogP contribution >= 0.6 is 0 Å². The number of benzene rings is 2. The minimum atomic E-state index is -3.01. The molecule has 2 aliphatic rings. The lowest BCUT2D eigenvalue weighted by Gasteiger charge is -2.24. The third kappa shape index (κ3) is 2.99. The van der Waals surface area contributed by atoms with Crippen LogP contribution in [-0.4, -0.2) is 43.8 Å². The van der Waals surface area contributed by atoms with Crippen LogP contribution in [0.3, 0.4) is 0 Å². The normalized spacial score (nSPS) is 16.1. The molecule has 4 aromatic rings. The molecule has 0 radical (unpaired) electrons. The summed E-state index contributed by atoms with van der Waals surface area (Å²) in [5.41, 5.74) is 4.38. The van der Waals surface area contributed by atoms with Crippen molar-refractivity contribution in [2.75, 3.05) is 7.05 Å². The second kappa shape index (κ2) is 7.28. The molecule has 0 N–H and O–H groups in total. The average Bonchev–Trinajstić information content (AvgIpc) is 3.48. The third-order valence-corrected chi connectivity index (χ3v) is 6.04. The number of carbonyl (C=O) groups excluding carboxylic acids is 1. The van der Waals surface area contributed by atoms with Crippen molar-refractivity contribution in [3.05, 3.63) is 82.9 Å². The maximum Gasteiger partial charge on any atom is 0.387 e. The molecule has 0 saturated carbocycles. The summed E-state index contributed by atoms with van der Waals surface area (Å²) < 4.78 is 34.9. The van der Waals surface area contributed by atoms with Gasteiger partial charge in [0.25, 0.3) is 5.91 Å². The number of hydrogen-bond donors (Lipinski definition) is 0. The second-order valence-corrected chi connectivity index (χ2v) is 8.12. The lowest BCUT2D eigenvalue weighted by atomic mass is 9.99. The van der Waals surface area contributed by atoms with Gasteiger partial charge in [-0.2, -0.15) is 13.9 Å². The molecule has 1 amide bonds. The Kier molecular flexibility index (Phi) is 4.32. The van der Waals surface area contributed by atoms with Crippen molar-refractivity contribution in [3.63, 3.8) is 0 Å². The van der Waals surface area contributed by atoms with E-state index in [0.29, 0.717) is 28.2 Å². The van der Waals surface area contributed by atoms with Gasteiger partial charge in [-0.25, -0.2) is 4.98 Å². The van der Waals surface area contributed by atoms with Crippen molar-refractivity contribution in [2.45, 2.75) is 12.7 Å². The molecule has 168 valence electrons. The van der Waals surface area contributed by atoms with Crippen LogP contribution in [0.15, 0.2) is 54.9 Å². The van der Waals surface area contributed by atoms with E-state index in [1.54, 1.807) is 30.1 Å². The van der Waals surface area contributed by atoms with E-state index in [0.717, 1.165) is 16.6 Å². The van der Waals surface area contributed by atoms with Crippen molar-refractivity contribution in [1.82, 2.24) is 24.2 Å². The first-order valence-electron chi connectivity index (χ1n) is 10.5. The molecule has 4 heterocycles. The monoisotopic (exact) mass is 457 g/mol. The summed E-state index contributed by atoms with van der Waals surface area (Å²) in [4.78, 5) is 19.4. The molecule has 2 aromatic heterocycles. The fourth-order valence-corrected chi connectivity index (χ4v) is 4.56. The molecule has 0 unspecified atom stereocenters. The highest BCUT2D eigenvalue weighted by Gasteiger charge is 2.39. The first kappa shape index (κ1) is 20.2. The van der Waals surface area contributed by atoms with Gasteiger partial charge < -0.3 is 14.2 Å². The first-order valence-corrected chi connectivity index (χ1v) is 10.5. The molecule has 2 aromatic carbocycles. The van der Waals surface area contributed by atoms with E-state index >= 15 is 0 Å². The molecule has 6 rings (SSSR count). The topological polar surface area (TPSA) is 65.2 Å². The lowest BCUT2D eigenvalue weighted by molar-refractivity contribution is -0.0506. The van der Waals surface area contributed by atoms with Crippen molar-refractivity contribution in [1.29, 1.82) is 0 Å². The van der Waals surface area contributed by atoms with Crippen LogP contribution < -0.4 is 4.74 Å². The predicted molar refractivity (Wildman–Crippen MR) is 120 cm³/mol. The van der Waals surface area contributed by atoms with E-state index in [9.17, 15) is 13.6 Å². The Morgan fingerprint density at radius 2 is 1.94 bits per heavy atom. The Morgan fingerprint density at radius 1 is 1.12 bits per heavy atom. The summed E-state index contributed by atoms with van der Waals surface area (Å²) in [5.74, 6) is 6.49. The summed E-state index contributed by atoms with van der Waals surface area (Å²) in [6.07, 6.45) is 5.38. The fourth-order valence-electron chi connectivity index (χ4n) is 4.56. The number of rotatable bonds is 2. The molecule has 0 aliphatic carbocycles. The number of imidazole rings is 1. The summed E-state index contributed by atoms with van der Waals surface area (Å²) in [5, 5.41) is 4.12. The van der Waals surface area contributed by atoms with E-state index < -0.39 is 12.7 Å². The molecule has 0 spiro atoms. The van der Waals surface area contributed by atoms with E-state index in [2.05, 4.69) is 16.9 Å². The minimum absolute atomic E-state index is 0.0287. The predicted octanol–water partition coefficient (Wildman–Crippen LogP) is 3.80. The Labute approximate surface area is 192 Å². The number of alkyl halides is 2. The Balaban J connectivity index is 1.54. The maximum atomic E-state index is 13.2. The van der Waals surface area contributed by atoms with Gasteiger partial charge in [-0.1, -0.05) is 17.9 Å². The van der Waals surface area contributed by atoms with Gasteiger partial charge in [-0.05, 0) is 36.4 Å². The molecule has 34 heavy (non-hydrogen) atoms. The second-order valence-electron chi connectivity index (χ2n) is 8.12. The quantitative estimate of drug-likeness (QED) is 0.430. The Bertz CT molecular complexity index is 1590. The molecular formula is C25H17F2N5O2. The summed E-state index contributed by atoms with van der Waals surface area (Å²) in [6.45, 7) is -3.01. The number of aromatic nitrogens is 4. The zero-order valence-electron chi connectivity index (χ0n) is 18.2. The highest BCUT2D eigenvalue weighted by atomic mass is 19.3. The van der Waals surface area contributed by atoms with Crippen molar-refractivity contribution in [2.24, 2.45) is 7.05 Å². The number of hydrogen-bond acceptors (Lipinski definition) is 4. The third-order valence-electron chi connectivity index (χ3n) is 6.04. The molecule has 1 atom stereocenters. The number of halogens is 2. The van der Waals surface area contributed by atoms with Crippen molar-refractivity contribution in [3.8, 4) is 17.6 Å².